The van der Waals surface area contributed by atoms with Crippen LogP contribution in [-0.4, -0.2) is 66.5 Å². The standard InChI is InChI=1S/C22H34OSi2.C20H30OSi2.C18H26OSi2.C7H20OSi2.C3H8.C2H6/c1-19-7-11-21(12-8-19)15-17-24(3,4)23-25(5,6)18-16-22-13-9-20(2)10-14-22;1-15-9-11-19(13-17(15)3)22(5,6)21-23(7,8)20-12-10-16(2)18(4)14-20;1-15-7-11-17(12-8-15)20(3,4)19-21(5,6)18-13-9-16(2)10-14-18;1-7-10(5,6)8-9(2,3)4;1-3-2;1-2/h7-14H,15-18H2,1-6H3;9-14H,1-8H3;7-14H,1-6H3;7H2,1-6H3;3H2,1-2H3;1-2H3. The van der Waals surface area contributed by atoms with Gasteiger partial charge in [0.25, 0.3) is 0 Å². The predicted molar refractivity (Wildman–Crippen MR) is 400 cm³/mol. The van der Waals surface area contributed by atoms with Crippen molar-refractivity contribution in [3.8, 4) is 0 Å². The first-order chi connectivity index (χ1) is 38.6. The quantitative estimate of drug-likeness (QED) is 0.0758. The summed E-state index contributed by atoms with van der Waals surface area (Å²) in [6, 6.07) is 52.9. The van der Waals surface area contributed by atoms with Crippen molar-refractivity contribution in [3.63, 3.8) is 0 Å². The van der Waals surface area contributed by atoms with Crippen LogP contribution in [0.25, 0.3) is 0 Å². The van der Waals surface area contributed by atoms with E-state index in [9.17, 15) is 0 Å². The Morgan fingerprint density at radius 2 is 0.536 bits per heavy atom. The number of aryl methyl sites for hydroxylation is 10. The van der Waals surface area contributed by atoms with Crippen molar-refractivity contribution < 1.29 is 16.5 Å². The van der Waals surface area contributed by atoms with Crippen LogP contribution in [0.5, 0.6) is 0 Å². The van der Waals surface area contributed by atoms with E-state index >= 15 is 0 Å². The fraction of sp³-hybridized carbons (Fsp3) is 0.500. The molecule has 468 valence electrons. The lowest BCUT2D eigenvalue weighted by molar-refractivity contribution is 0.535. The summed E-state index contributed by atoms with van der Waals surface area (Å²) in [6.07, 6.45) is 3.53. The first-order valence-electron chi connectivity index (χ1n) is 31.8. The minimum Gasteiger partial charge on any atom is -0.456 e. The molecule has 0 bridgehead atoms. The molecule has 0 atom stereocenters. The Bertz CT molecular complexity index is 2640. The Morgan fingerprint density at radius 3 is 0.774 bits per heavy atom. The van der Waals surface area contributed by atoms with Crippen LogP contribution in [-0.2, 0) is 29.3 Å². The van der Waals surface area contributed by atoms with Gasteiger partial charge in [-0.1, -0.05) is 197 Å². The van der Waals surface area contributed by atoms with Gasteiger partial charge in [-0.3, -0.25) is 0 Å². The Hall–Kier alpha value is -3.10. The molecule has 6 aromatic rings. The molecule has 0 aliphatic carbocycles. The highest BCUT2D eigenvalue weighted by atomic mass is 28.4. The molecule has 6 rings (SSSR count). The molecule has 0 aliphatic rings. The zero-order chi connectivity index (χ0) is 64.7. The zero-order valence-corrected chi connectivity index (χ0v) is 67.6. The minimum atomic E-state index is -1.92. The van der Waals surface area contributed by atoms with Crippen LogP contribution in [0.2, 0.25) is 129 Å². The maximum atomic E-state index is 6.86. The Balaban J connectivity index is 0.000000564. The van der Waals surface area contributed by atoms with Crippen LogP contribution in [0.1, 0.15) is 96.7 Å². The van der Waals surface area contributed by atoms with Crippen molar-refractivity contribution in [1.29, 1.82) is 0 Å². The molecule has 84 heavy (non-hydrogen) atoms. The van der Waals surface area contributed by atoms with E-state index in [1.807, 2.05) is 13.8 Å². The first kappa shape index (κ1) is 78.9. The van der Waals surface area contributed by atoms with Crippen LogP contribution >= 0.6 is 0 Å². The van der Waals surface area contributed by atoms with Gasteiger partial charge in [0, 0.05) is 0 Å². The number of rotatable bonds is 19. The van der Waals surface area contributed by atoms with Crippen LogP contribution in [0, 0.1) is 55.4 Å². The van der Waals surface area contributed by atoms with Crippen molar-refractivity contribution in [2.24, 2.45) is 0 Å². The lowest BCUT2D eigenvalue weighted by atomic mass is 10.1. The number of benzene rings is 6. The van der Waals surface area contributed by atoms with Crippen molar-refractivity contribution >= 4 is 87.3 Å². The van der Waals surface area contributed by atoms with Crippen molar-refractivity contribution in [2.45, 2.75) is 239 Å². The summed E-state index contributed by atoms with van der Waals surface area (Å²) in [4.78, 5) is 0. The van der Waals surface area contributed by atoms with E-state index in [1.54, 1.807) is 0 Å². The van der Waals surface area contributed by atoms with Gasteiger partial charge in [-0.25, -0.2) is 0 Å². The molecule has 4 nitrogen and oxygen atoms in total. The first-order valence-corrected chi connectivity index (χ1v) is 56.2. The van der Waals surface area contributed by atoms with Crippen molar-refractivity contribution in [1.82, 2.24) is 0 Å². The molecule has 0 saturated heterocycles. The molecule has 0 saturated carbocycles. The van der Waals surface area contributed by atoms with E-state index in [-0.39, 0.29) is 0 Å². The lowest BCUT2D eigenvalue weighted by Crippen LogP contribution is -2.57. The summed E-state index contributed by atoms with van der Waals surface area (Å²) < 4.78 is 26.5. The second-order valence-corrected chi connectivity index (χ2v) is 62.4. The molecule has 0 fully saturated rings. The monoisotopic (exact) mass is 1280 g/mol. The highest BCUT2D eigenvalue weighted by molar-refractivity contribution is 6.97. The molecule has 0 N–H and O–H groups in total. The molecule has 12 heteroatoms. The van der Waals surface area contributed by atoms with E-state index in [1.165, 1.54) is 101 Å². The number of hydrogen-bond donors (Lipinski definition) is 0. The van der Waals surface area contributed by atoms with E-state index in [0.29, 0.717) is 0 Å². The van der Waals surface area contributed by atoms with E-state index in [2.05, 4.69) is 321 Å². The topological polar surface area (TPSA) is 36.9 Å². The molecule has 0 aromatic heterocycles. The van der Waals surface area contributed by atoms with Crippen molar-refractivity contribution in [3.05, 3.63) is 189 Å². The summed E-state index contributed by atoms with van der Waals surface area (Å²) in [7, 11) is -13.3. The van der Waals surface area contributed by atoms with Crippen LogP contribution < -0.4 is 20.7 Å². The van der Waals surface area contributed by atoms with Crippen LogP contribution in [0.15, 0.2) is 133 Å². The fourth-order valence-electron chi connectivity index (χ4n) is 9.80. The SMILES string of the molecule is CC.CCC.CC[Si](C)(C)O[Si](C)(C)C.Cc1ccc(CC[Si](C)(C)O[Si](C)(C)CCc2ccc(C)cc2)cc1.Cc1ccc([Si](C)(C)O[Si](C)(C)c2ccc(C)c(C)c2)cc1C.Cc1ccc([Si](C)(C)O[Si](C)(C)c2ccc(C)cc2)cc1. The summed E-state index contributed by atoms with van der Waals surface area (Å²) in [5.74, 6) is 0. The molecular weight excluding hydrogens is 1150 g/mol. The molecule has 0 heterocycles. The Kier molecular flexibility index (Phi) is 33.0. The smallest absolute Gasteiger partial charge is 0.206 e. The molecule has 0 unspecified atom stereocenters. The maximum Gasteiger partial charge on any atom is 0.206 e. The van der Waals surface area contributed by atoms with Gasteiger partial charge >= 0.3 is 0 Å². The Labute approximate surface area is 527 Å². The average Bonchev–Trinajstić information content (AvgIpc) is 2.00. The van der Waals surface area contributed by atoms with Gasteiger partial charge in [-0.05, 0) is 252 Å². The highest BCUT2D eigenvalue weighted by Crippen LogP contribution is 2.26. The lowest BCUT2D eigenvalue weighted by Gasteiger charge is -2.35. The van der Waals surface area contributed by atoms with Gasteiger partial charge in [-0.2, -0.15) is 0 Å². The van der Waals surface area contributed by atoms with Gasteiger partial charge in [-0.15, -0.1) is 0 Å². The summed E-state index contributed by atoms with van der Waals surface area (Å²) in [6.45, 7) is 67.2. The zero-order valence-electron chi connectivity index (χ0n) is 59.6. The molecule has 0 aliphatic heterocycles. The fourth-order valence-corrected chi connectivity index (χ4v) is 41.7. The van der Waals surface area contributed by atoms with Crippen LogP contribution in [0.4, 0.5) is 0 Å². The van der Waals surface area contributed by atoms with Gasteiger partial charge in [0.05, 0.1) is 0 Å². The Morgan fingerprint density at radius 1 is 0.286 bits per heavy atom. The largest absolute Gasteiger partial charge is 0.456 e. The maximum absolute atomic E-state index is 6.86. The third-order valence-corrected chi connectivity index (χ3v) is 43.9. The van der Waals surface area contributed by atoms with E-state index < -0.39 is 66.5 Å². The van der Waals surface area contributed by atoms with Gasteiger partial charge in [0.1, 0.15) is 0 Å². The molecule has 0 spiro atoms. The van der Waals surface area contributed by atoms with Gasteiger partial charge < -0.3 is 16.5 Å². The van der Waals surface area contributed by atoms with Gasteiger partial charge in [0.15, 0.2) is 33.3 Å². The number of hydrogen-bond acceptors (Lipinski definition) is 4. The van der Waals surface area contributed by atoms with E-state index in [4.69, 9.17) is 16.5 Å². The van der Waals surface area contributed by atoms with Crippen molar-refractivity contribution in [2.75, 3.05) is 0 Å². The highest BCUT2D eigenvalue weighted by Gasteiger charge is 2.38. The predicted octanol–water partition coefficient (Wildman–Crippen LogP) is 20.3. The molecular formula is C72H124O4Si8. The average molecular weight is 1280 g/mol. The summed E-state index contributed by atoms with van der Waals surface area (Å²) in [5, 5.41) is 5.54. The summed E-state index contributed by atoms with van der Waals surface area (Å²) >= 11 is 0. The molecule has 0 radical (unpaired) electrons. The second kappa shape index (κ2) is 35.2. The normalized spacial score (nSPS) is 12.2. The van der Waals surface area contributed by atoms with Crippen LogP contribution in [0.3, 0.4) is 0 Å². The molecule has 0 amide bonds. The summed E-state index contributed by atoms with van der Waals surface area (Å²) in [5.41, 5.74) is 13.6. The minimum absolute atomic E-state index is 1.14. The third-order valence-electron chi connectivity index (χ3n) is 15.2. The molecule has 6 aromatic carbocycles. The van der Waals surface area contributed by atoms with E-state index in [0.717, 1.165) is 12.8 Å². The second-order valence-electron chi connectivity index (χ2n) is 28.2. The third kappa shape index (κ3) is 30.2. The van der Waals surface area contributed by atoms with Gasteiger partial charge in [0.2, 0.25) is 33.3 Å².